The molecule has 0 bridgehead atoms. The van der Waals surface area contributed by atoms with Gasteiger partial charge in [-0.2, -0.15) is 0 Å². The molecular formula is C12H16BrN5O. The van der Waals surface area contributed by atoms with Crippen LogP contribution in [-0.2, 0) is 11.3 Å². The zero-order chi connectivity index (χ0) is 14.0. The van der Waals surface area contributed by atoms with Crippen LogP contribution in [0.2, 0.25) is 0 Å². The van der Waals surface area contributed by atoms with Gasteiger partial charge >= 0.3 is 0 Å². The Balaban J connectivity index is 2.45. The molecule has 102 valence electrons. The number of nitrogens with two attached hydrogens (primary N) is 1. The fourth-order valence-electron chi connectivity index (χ4n) is 1.77. The lowest BCUT2D eigenvalue weighted by molar-refractivity contribution is 0.0997. The van der Waals surface area contributed by atoms with Gasteiger partial charge in [-0.1, -0.05) is 15.9 Å². The highest BCUT2D eigenvalue weighted by molar-refractivity contribution is 9.10. The molecule has 0 saturated heterocycles. The molecule has 6 nitrogen and oxygen atoms in total. The third-order valence-corrected chi connectivity index (χ3v) is 3.48. The van der Waals surface area contributed by atoms with E-state index in [2.05, 4.69) is 31.5 Å². The molecule has 0 radical (unpaired) electrons. The first-order valence-electron chi connectivity index (χ1n) is 5.88. The number of halogens is 1. The molecule has 1 unspecified atom stereocenters. The number of tetrazole rings is 1. The van der Waals surface area contributed by atoms with Crippen molar-refractivity contribution in [2.45, 2.75) is 26.5 Å². The summed E-state index contributed by atoms with van der Waals surface area (Å²) in [6.45, 7) is 4.51. The number of anilines is 1. The summed E-state index contributed by atoms with van der Waals surface area (Å²) in [6, 6.07) is 3.83. The van der Waals surface area contributed by atoms with E-state index in [1.54, 1.807) is 11.8 Å². The van der Waals surface area contributed by atoms with Crippen LogP contribution in [0.3, 0.4) is 0 Å². The summed E-state index contributed by atoms with van der Waals surface area (Å²) in [4.78, 5) is 0. The Bertz CT molecular complexity index is 583. The van der Waals surface area contributed by atoms with Gasteiger partial charge in [0.15, 0.2) is 5.82 Å². The Kier molecular flexibility index (Phi) is 4.16. The van der Waals surface area contributed by atoms with Crippen molar-refractivity contribution >= 4 is 21.6 Å². The SMILES string of the molecule is COC(C)Cn1nnnc1-c1cc(Br)cc(N)c1C. The van der Waals surface area contributed by atoms with Crippen molar-refractivity contribution in [3.8, 4) is 11.4 Å². The normalized spacial score (nSPS) is 12.6. The lowest BCUT2D eigenvalue weighted by Gasteiger charge is -2.12. The number of hydrogen-bond donors (Lipinski definition) is 1. The predicted octanol–water partition coefficient (Wildman–Crippen LogP) is 2.03. The van der Waals surface area contributed by atoms with Gasteiger partial charge in [-0.05, 0) is 42.0 Å². The van der Waals surface area contributed by atoms with Crippen molar-refractivity contribution in [1.82, 2.24) is 20.2 Å². The van der Waals surface area contributed by atoms with Crippen molar-refractivity contribution < 1.29 is 4.74 Å². The predicted molar refractivity (Wildman–Crippen MR) is 76.6 cm³/mol. The molecule has 2 aromatic rings. The third kappa shape index (κ3) is 2.93. The third-order valence-electron chi connectivity index (χ3n) is 3.02. The standard InChI is InChI=1S/C12H16BrN5O/c1-7(19-3)6-18-12(15-16-17-18)10-4-9(13)5-11(14)8(10)2/h4-5,7H,6,14H2,1-3H3. The summed E-state index contributed by atoms with van der Waals surface area (Å²) in [7, 11) is 1.66. The molecule has 2 N–H and O–H groups in total. The molecule has 0 saturated carbocycles. The second-order valence-corrected chi connectivity index (χ2v) is 5.31. The molecule has 1 heterocycles. The molecule has 7 heteroatoms. The summed E-state index contributed by atoms with van der Waals surface area (Å²) in [5.74, 6) is 0.689. The first kappa shape index (κ1) is 14.0. The smallest absolute Gasteiger partial charge is 0.182 e. The van der Waals surface area contributed by atoms with E-state index in [1.807, 2.05) is 26.0 Å². The van der Waals surface area contributed by atoms with E-state index in [-0.39, 0.29) is 6.10 Å². The van der Waals surface area contributed by atoms with Crippen LogP contribution < -0.4 is 5.73 Å². The van der Waals surface area contributed by atoms with Crippen molar-refractivity contribution in [2.24, 2.45) is 0 Å². The van der Waals surface area contributed by atoms with Gasteiger partial charge in [-0.15, -0.1) is 5.10 Å². The Morgan fingerprint density at radius 2 is 2.21 bits per heavy atom. The molecule has 0 fully saturated rings. The zero-order valence-electron chi connectivity index (χ0n) is 11.1. The maximum atomic E-state index is 5.97. The first-order chi connectivity index (χ1) is 9.02. The van der Waals surface area contributed by atoms with Gasteiger partial charge in [0.2, 0.25) is 0 Å². The largest absolute Gasteiger partial charge is 0.398 e. The summed E-state index contributed by atoms with van der Waals surface area (Å²) in [6.07, 6.45) is 0.0343. The maximum absolute atomic E-state index is 5.97. The minimum absolute atomic E-state index is 0.0343. The summed E-state index contributed by atoms with van der Waals surface area (Å²) in [5, 5.41) is 11.8. The Morgan fingerprint density at radius 3 is 2.89 bits per heavy atom. The molecule has 0 amide bonds. The lowest BCUT2D eigenvalue weighted by Crippen LogP contribution is -2.17. The van der Waals surface area contributed by atoms with Crippen LogP contribution in [0.1, 0.15) is 12.5 Å². The monoisotopic (exact) mass is 325 g/mol. The van der Waals surface area contributed by atoms with E-state index in [0.29, 0.717) is 18.1 Å². The highest BCUT2D eigenvalue weighted by Gasteiger charge is 2.15. The van der Waals surface area contributed by atoms with E-state index in [1.165, 1.54) is 0 Å². The Labute approximate surface area is 120 Å². The van der Waals surface area contributed by atoms with Crippen LogP contribution in [0.15, 0.2) is 16.6 Å². The van der Waals surface area contributed by atoms with Crippen molar-refractivity contribution in [2.75, 3.05) is 12.8 Å². The molecule has 0 aliphatic heterocycles. The van der Waals surface area contributed by atoms with Gasteiger partial charge in [0.05, 0.1) is 12.6 Å². The van der Waals surface area contributed by atoms with E-state index < -0.39 is 0 Å². The van der Waals surface area contributed by atoms with Crippen molar-refractivity contribution in [3.63, 3.8) is 0 Å². The molecule has 0 spiro atoms. The summed E-state index contributed by atoms with van der Waals surface area (Å²) in [5.41, 5.74) is 8.56. The van der Waals surface area contributed by atoms with E-state index >= 15 is 0 Å². The highest BCUT2D eigenvalue weighted by atomic mass is 79.9. The van der Waals surface area contributed by atoms with Gasteiger partial charge in [0, 0.05) is 22.8 Å². The number of ether oxygens (including phenoxy) is 1. The molecule has 1 atom stereocenters. The van der Waals surface area contributed by atoms with Crippen LogP contribution in [-0.4, -0.2) is 33.4 Å². The number of rotatable bonds is 4. The Hall–Kier alpha value is -1.47. The highest BCUT2D eigenvalue weighted by Crippen LogP contribution is 2.29. The molecule has 2 rings (SSSR count). The van der Waals surface area contributed by atoms with E-state index in [9.17, 15) is 0 Å². The lowest BCUT2D eigenvalue weighted by atomic mass is 10.1. The van der Waals surface area contributed by atoms with Gasteiger partial charge in [0.25, 0.3) is 0 Å². The van der Waals surface area contributed by atoms with Crippen molar-refractivity contribution in [3.05, 3.63) is 22.2 Å². The van der Waals surface area contributed by atoms with Crippen LogP contribution in [0.25, 0.3) is 11.4 Å². The quantitative estimate of drug-likeness (QED) is 0.870. The number of hydrogen-bond acceptors (Lipinski definition) is 5. The van der Waals surface area contributed by atoms with Gasteiger partial charge in [-0.25, -0.2) is 4.68 Å². The van der Waals surface area contributed by atoms with Crippen LogP contribution in [0.4, 0.5) is 5.69 Å². The average Bonchev–Trinajstić information content (AvgIpc) is 2.81. The second-order valence-electron chi connectivity index (χ2n) is 4.40. The number of methoxy groups -OCH3 is 1. The maximum Gasteiger partial charge on any atom is 0.182 e. The van der Waals surface area contributed by atoms with E-state index in [0.717, 1.165) is 15.6 Å². The topological polar surface area (TPSA) is 78.8 Å². The molecule has 1 aromatic heterocycles. The minimum atomic E-state index is 0.0343. The average molecular weight is 326 g/mol. The molecule has 19 heavy (non-hydrogen) atoms. The fourth-order valence-corrected chi connectivity index (χ4v) is 2.25. The first-order valence-corrected chi connectivity index (χ1v) is 6.67. The molecule has 0 aliphatic carbocycles. The zero-order valence-corrected chi connectivity index (χ0v) is 12.7. The summed E-state index contributed by atoms with van der Waals surface area (Å²) < 4.78 is 7.87. The molecule has 1 aromatic carbocycles. The van der Waals surface area contributed by atoms with Gasteiger partial charge in [-0.3, -0.25) is 0 Å². The van der Waals surface area contributed by atoms with Gasteiger partial charge < -0.3 is 10.5 Å². The van der Waals surface area contributed by atoms with Gasteiger partial charge in [0.1, 0.15) is 0 Å². The summed E-state index contributed by atoms with van der Waals surface area (Å²) >= 11 is 3.44. The molecular weight excluding hydrogens is 310 g/mol. The van der Waals surface area contributed by atoms with E-state index in [4.69, 9.17) is 10.5 Å². The van der Waals surface area contributed by atoms with Crippen LogP contribution >= 0.6 is 15.9 Å². The number of benzene rings is 1. The molecule has 0 aliphatic rings. The minimum Gasteiger partial charge on any atom is -0.398 e. The number of nitrogens with zero attached hydrogens (tertiary/aromatic N) is 4. The van der Waals surface area contributed by atoms with Crippen molar-refractivity contribution in [1.29, 1.82) is 0 Å². The van der Waals surface area contributed by atoms with Crippen LogP contribution in [0.5, 0.6) is 0 Å². The Morgan fingerprint density at radius 1 is 1.47 bits per heavy atom. The fraction of sp³-hybridized carbons (Fsp3) is 0.417. The number of nitrogen functional groups attached to an aromatic ring is 1. The number of aromatic nitrogens is 4. The van der Waals surface area contributed by atoms with Crippen LogP contribution in [0, 0.1) is 6.92 Å². The second kappa shape index (κ2) is 5.66.